The van der Waals surface area contributed by atoms with Crippen LogP contribution >= 0.6 is 12.2 Å². The lowest BCUT2D eigenvalue weighted by molar-refractivity contribution is -0.143. The summed E-state index contributed by atoms with van der Waals surface area (Å²) >= 11 is 5.47. The Labute approximate surface area is 227 Å². The van der Waals surface area contributed by atoms with Crippen LogP contribution in [0, 0.1) is 11.8 Å². The van der Waals surface area contributed by atoms with Crippen LogP contribution in [0.25, 0.3) is 10.9 Å². The third-order valence-electron chi connectivity index (χ3n) is 7.69. The zero-order valence-electron chi connectivity index (χ0n) is 20.7. The van der Waals surface area contributed by atoms with Crippen molar-refractivity contribution in [1.82, 2.24) is 15.2 Å². The summed E-state index contributed by atoms with van der Waals surface area (Å²) in [6, 6.07) is 10.4. The monoisotopic (exact) mass is 564 g/mol. The molecule has 0 amide bonds. The second-order valence-electron chi connectivity index (χ2n) is 10.0. The summed E-state index contributed by atoms with van der Waals surface area (Å²) in [6.07, 6.45) is -4.37. The molecule has 4 nitrogen and oxygen atoms in total. The van der Waals surface area contributed by atoms with Crippen LogP contribution in [0.15, 0.2) is 67.4 Å². The molecule has 4 heterocycles. The van der Waals surface area contributed by atoms with Crippen LogP contribution in [0.3, 0.4) is 0 Å². The number of anilines is 1. The molecule has 3 aromatic rings. The highest BCUT2D eigenvalue weighted by Gasteiger charge is 2.43. The summed E-state index contributed by atoms with van der Waals surface area (Å²) in [6.45, 7) is 5.68. The summed E-state index contributed by atoms with van der Waals surface area (Å²) in [5.41, 5.74) is -1.55. The number of aromatic nitrogens is 1. The molecule has 3 fully saturated rings. The van der Waals surface area contributed by atoms with Gasteiger partial charge >= 0.3 is 12.4 Å². The number of nitrogens with zero attached hydrogens (tertiary/aromatic N) is 2. The van der Waals surface area contributed by atoms with Crippen molar-refractivity contribution < 1.29 is 26.3 Å². The Balaban J connectivity index is 1.48. The lowest BCUT2D eigenvalue weighted by Crippen LogP contribution is -2.57. The van der Waals surface area contributed by atoms with Crippen LogP contribution in [-0.2, 0) is 12.4 Å². The zero-order chi connectivity index (χ0) is 27.9. The first kappa shape index (κ1) is 27.4. The third kappa shape index (κ3) is 5.74. The van der Waals surface area contributed by atoms with E-state index in [4.69, 9.17) is 12.2 Å². The van der Waals surface area contributed by atoms with Gasteiger partial charge in [-0.25, -0.2) is 0 Å². The summed E-state index contributed by atoms with van der Waals surface area (Å²) in [5.74, 6) is 0.787. The van der Waals surface area contributed by atoms with Crippen LogP contribution in [0.1, 0.15) is 35.6 Å². The van der Waals surface area contributed by atoms with E-state index in [-0.39, 0.29) is 23.3 Å². The third-order valence-corrected chi connectivity index (χ3v) is 7.91. The number of nitrogens with one attached hydrogen (secondary N) is 2. The number of hydrogen-bond acceptors (Lipinski definition) is 3. The van der Waals surface area contributed by atoms with Gasteiger partial charge in [0.15, 0.2) is 5.11 Å². The second-order valence-corrected chi connectivity index (χ2v) is 10.4. The number of thiocarbonyl (C=S) groups is 1. The molecule has 5 atom stereocenters. The SMILES string of the molecule is C=C[C@H]1CN2CCC1C[C@H]2[C@@H](NC(=S)Nc1cc(C(F)(F)F)cc(C(F)(F)F)c1)c1ccnc2ccccc12. The molecule has 2 unspecified atom stereocenters. The van der Waals surface area contributed by atoms with Gasteiger partial charge < -0.3 is 10.6 Å². The highest BCUT2D eigenvalue weighted by molar-refractivity contribution is 7.80. The molecule has 11 heteroatoms. The summed E-state index contributed by atoms with van der Waals surface area (Å²) in [5, 5.41) is 6.65. The van der Waals surface area contributed by atoms with Gasteiger partial charge in [-0.2, -0.15) is 26.3 Å². The van der Waals surface area contributed by atoms with Gasteiger partial charge in [-0.1, -0.05) is 24.3 Å². The Hall–Kier alpha value is -3.18. The molecule has 2 N–H and O–H groups in total. The quantitative estimate of drug-likeness (QED) is 0.195. The van der Waals surface area contributed by atoms with Crippen molar-refractivity contribution in [3.8, 4) is 0 Å². The lowest BCUT2D eigenvalue weighted by atomic mass is 9.73. The van der Waals surface area contributed by atoms with E-state index in [9.17, 15) is 26.3 Å². The number of para-hydroxylation sites is 1. The van der Waals surface area contributed by atoms with Gasteiger partial charge in [0.1, 0.15) is 0 Å². The minimum absolute atomic E-state index is 0.00208. The number of alkyl halides is 6. The molecule has 2 aromatic carbocycles. The number of benzene rings is 2. The van der Waals surface area contributed by atoms with Crippen molar-refractivity contribution in [1.29, 1.82) is 0 Å². The lowest BCUT2D eigenvalue weighted by Gasteiger charge is -2.52. The van der Waals surface area contributed by atoms with Gasteiger partial charge in [-0.15, -0.1) is 6.58 Å². The zero-order valence-corrected chi connectivity index (χ0v) is 21.5. The molecule has 3 aliphatic rings. The maximum atomic E-state index is 13.4. The van der Waals surface area contributed by atoms with Crippen LogP contribution in [0.5, 0.6) is 0 Å². The van der Waals surface area contributed by atoms with Crippen molar-refractivity contribution in [3.05, 3.63) is 84.1 Å². The minimum Gasteiger partial charge on any atom is -0.354 e. The Bertz CT molecular complexity index is 1350. The van der Waals surface area contributed by atoms with E-state index in [1.54, 1.807) is 6.20 Å². The first-order valence-corrected chi connectivity index (χ1v) is 12.9. The van der Waals surface area contributed by atoms with E-state index in [2.05, 4.69) is 27.1 Å². The van der Waals surface area contributed by atoms with Gasteiger partial charge in [0, 0.05) is 29.9 Å². The second kappa shape index (κ2) is 10.4. The van der Waals surface area contributed by atoms with Crippen LogP contribution in [0.2, 0.25) is 0 Å². The predicted octanol–water partition coefficient (Wildman–Crippen LogP) is 7.20. The summed E-state index contributed by atoms with van der Waals surface area (Å²) in [4.78, 5) is 6.79. The molecule has 6 rings (SSSR count). The number of rotatable bonds is 5. The molecular formula is C28H26F6N4S. The van der Waals surface area contributed by atoms with Gasteiger partial charge in [0.05, 0.1) is 22.7 Å². The molecule has 0 aliphatic carbocycles. The fourth-order valence-electron chi connectivity index (χ4n) is 5.83. The molecule has 39 heavy (non-hydrogen) atoms. The molecule has 3 aliphatic heterocycles. The number of fused-ring (bicyclic) bond motifs is 4. The number of halogens is 6. The van der Waals surface area contributed by atoms with Crippen LogP contribution in [-0.4, -0.2) is 34.1 Å². The first-order chi connectivity index (χ1) is 18.4. The van der Waals surface area contributed by atoms with Crippen molar-refractivity contribution >= 4 is 33.9 Å². The molecule has 206 valence electrons. The Morgan fingerprint density at radius 1 is 1.05 bits per heavy atom. The Morgan fingerprint density at radius 3 is 2.36 bits per heavy atom. The first-order valence-electron chi connectivity index (χ1n) is 12.5. The average molecular weight is 565 g/mol. The fourth-order valence-corrected chi connectivity index (χ4v) is 6.07. The van der Waals surface area contributed by atoms with Crippen LogP contribution in [0.4, 0.5) is 32.0 Å². The van der Waals surface area contributed by atoms with Crippen molar-refractivity contribution in [2.24, 2.45) is 11.8 Å². The Kier molecular flexibility index (Phi) is 7.32. The fraction of sp³-hybridized carbons (Fsp3) is 0.357. The average Bonchev–Trinajstić information content (AvgIpc) is 2.90. The van der Waals surface area contributed by atoms with Crippen LogP contribution < -0.4 is 10.6 Å². The molecule has 0 saturated carbocycles. The van der Waals surface area contributed by atoms with Crippen molar-refractivity contribution in [3.63, 3.8) is 0 Å². The normalized spacial score (nSPS) is 23.8. The molecule has 3 saturated heterocycles. The summed E-state index contributed by atoms with van der Waals surface area (Å²) in [7, 11) is 0. The predicted molar refractivity (Wildman–Crippen MR) is 142 cm³/mol. The van der Waals surface area contributed by atoms with Crippen molar-refractivity contribution in [2.45, 2.75) is 37.3 Å². The van der Waals surface area contributed by atoms with E-state index < -0.39 is 29.2 Å². The molecule has 2 bridgehead atoms. The maximum Gasteiger partial charge on any atom is 0.416 e. The number of pyridine rings is 1. The smallest absolute Gasteiger partial charge is 0.354 e. The van der Waals surface area contributed by atoms with E-state index >= 15 is 0 Å². The van der Waals surface area contributed by atoms with E-state index in [1.165, 1.54) is 0 Å². The minimum atomic E-state index is -4.96. The molecular weight excluding hydrogens is 538 g/mol. The largest absolute Gasteiger partial charge is 0.416 e. The van der Waals surface area contributed by atoms with Gasteiger partial charge in [0.2, 0.25) is 0 Å². The van der Waals surface area contributed by atoms with E-state index in [0.29, 0.717) is 24.0 Å². The van der Waals surface area contributed by atoms with E-state index in [0.717, 1.165) is 42.4 Å². The highest BCUT2D eigenvalue weighted by Crippen LogP contribution is 2.42. The highest BCUT2D eigenvalue weighted by atomic mass is 32.1. The molecule has 0 spiro atoms. The van der Waals surface area contributed by atoms with Gasteiger partial charge in [-0.3, -0.25) is 9.88 Å². The van der Waals surface area contributed by atoms with Crippen molar-refractivity contribution in [2.75, 3.05) is 18.4 Å². The molecule has 0 radical (unpaired) electrons. The Morgan fingerprint density at radius 2 is 1.74 bits per heavy atom. The number of piperidine rings is 3. The van der Waals surface area contributed by atoms with Gasteiger partial charge in [-0.05, 0) is 79.3 Å². The summed E-state index contributed by atoms with van der Waals surface area (Å²) < 4.78 is 80.3. The topological polar surface area (TPSA) is 40.2 Å². The molecule has 1 aromatic heterocycles. The van der Waals surface area contributed by atoms with Gasteiger partial charge in [0.25, 0.3) is 0 Å². The maximum absolute atomic E-state index is 13.4. The van der Waals surface area contributed by atoms with E-state index in [1.807, 2.05) is 36.4 Å². The standard InChI is InChI=1S/C28H26F6N4S/c1-2-16-15-38-10-8-17(16)11-24(38)25(22-7-9-35-23-6-4-3-5-21(22)23)37-26(39)36-20-13-18(27(29,30)31)12-19(14-20)28(32,33)34/h2-7,9,12-14,16-17,24-25H,1,8,10-11,15H2,(H2,36,37,39)/t16-,17?,24-,25-/m0/s1. The number of hydrogen-bond donors (Lipinski definition) is 2.